The van der Waals surface area contributed by atoms with Crippen LogP contribution in [0.2, 0.25) is 0 Å². The van der Waals surface area contributed by atoms with Gasteiger partial charge in [0.1, 0.15) is 11.6 Å². The predicted molar refractivity (Wildman–Crippen MR) is 90.5 cm³/mol. The highest BCUT2D eigenvalue weighted by Gasteiger charge is 2.13. The van der Waals surface area contributed by atoms with Crippen LogP contribution in [0.3, 0.4) is 0 Å². The van der Waals surface area contributed by atoms with Crippen molar-refractivity contribution in [2.75, 3.05) is 20.2 Å². The van der Waals surface area contributed by atoms with E-state index in [0.717, 1.165) is 31.6 Å². The molecular weight excluding hydrogens is 291 g/mol. The lowest BCUT2D eigenvalue weighted by molar-refractivity contribution is 0.411. The Labute approximate surface area is 134 Å². The molecule has 3 aromatic rings. The molecule has 0 unspecified atom stereocenters. The summed E-state index contributed by atoms with van der Waals surface area (Å²) >= 11 is 0. The Hall–Kier alpha value is -2.33. The molecule has 4 heteroatoms. The van der Waals surface area contributed by atoms with Crippen LogP contribution in [0.25, 0.3) is 22.0 Å². The monoisotopic (exact) mass is 310 g/mol. The van der Waals surface area contributed by atoms with E-state index in [1.165, 1.54) is 22.7 Å². The maximum atomic E-state index is 14.4. The number of rotatable bonds is 2. The molecule has 0 aliphatic carbocycles. The van der Waals surface area contributed by atoms with Crippen LogP contribution in [0.5, 0.6) is 5.75 Å². The van der Waals surface area contributed by atoms with Crippen molar-refractivity contribution < 1.29 is 9.13 Å². The lowest BCUT2D eigenvalue weighted by atomic mass is 10.0. The molecule has 0 saturated carbocycles. The third kappa shape index (κ3) is 2.49. The number of nitrogens with zero attached hydrogens (tertiary/aromatic N) is 1. The smallest absolute Gasteiger partial charge is 0.134 e. The molecule has 0 radical (unpaired) electrons. The van der Waals surface area contributed by atoms with Gasteiger partial charge in [0.25, 0.3) is 0 Å². The zero-order chi connectivity index (χ0) is 15.8. The van der Waals surface area contributed by atoms with Crippen LogP contribution >= 0.6 is 0 Å². The van der Waals surface area contributed by atoms with E-state index in [9.17, 15) is 4.39 Å². The van der Waals surface area contributed by atoms with Crippen LogP contribution in [0.4, 0.5) is 4.39 Å². The maximum Gasteiger partial charge on any atom is 0.134 e. The molecule has 0 bridgehead atoms. The molecule has 1 aliphatic rings. The highest BCUT2D eigenvalue weighted by molar-refractivity contribution is 5.86. The van der Waals surface area contributed by atoms with E-state index >= 15 is 0 Å². The molecule has 4 rings (SSSR count). The average molecular weight is 310 g/mol. The van der Waals surface area contributed by atoms with Crippen LogP contribution in [-0.4, -0.2) is 24.8 Å². The van der Waals surface area contributed by atoms with E-state index < -0.39 is 0 Å². The van der Waals surface area contributed by atoms with Crippen LogP contribution in [0, 0.1) is 5.82 Å². The Morgan fingerprint density at radius 3 is 2.83 bits per heavy atom. The lowest BCUT2D eigenvalue weighted by Gasteiger charge is -2.09. The Kier molecular flexibility index (Phi) is 3.54. The zero-order valence-electron chi connectivity index (χ0n) is 13.1. The van der Waals surface area contributed by atoms with Crippen molar-refractivity contribution in [2.45, 2.75) is 13.0 Å². The van der Waals surface area contributed by atoms with E-state index in [2.05, 4.69) is 28.1 Å². The van der Waals surface area contributed by atoms with Gasteiger partial charge >= 0.3 is 0 Å². The van der Waals surface area contributed by atoms with Crippen LogP contribution in [-0.2, 0) is 13.0 Å². The largest absolute Gasteiger partial charge is 0.497 e. The minimum Gasteiger partial charge on any atom is -0.497 e. The Morgan fingerprint density at radius 2 is 2.00 bits per heavy atom. The molecule has 0 atom stereocenters. The minimum atomic E-state index is -0.256. The van der Waals surface area contributed by atoms with Crippen molar-refractivity contribution in [3.8, 4) is 16.9 Å². The standard InChI is InChI=1S/C19H19FN2O/c1-23-16-4-5-17(18(20)12-16)13-2-3-14-10-15-6-7-21-8-9-22(15)19(14)11-13/h2-5,10-12,21H,6-9H2,1H3. The van der Waals surface area contributed by atoms with Gasteiger partial charge in [-0.2, -0.15) is 0 Å². The summed E-state index contributed by atoms with van der Waals surface area (Å²) in [5, 5.41) is 4.64. The van der Waals surface area contributed by atoms with E-state index in [4.69, 9.17) is 4.74 Å². The minimum absolute atomic E-state index is 0.256. The van der Waals surface area contributed by atoms with E-state index in [0.29, 0.717) is 11.3 Å². The fourth-order valence-electron chi connectivity index (χ4n) is 3.34. The van der Waals surface area contributed by atoms with Gasteiger partial charge in [0.05, 0.1) is 7.11 Å². The van der Waals surface area contributed by atoms with Gasteiger partial charge in [-0.15, -0.1) is 0 Å². The quantitative estimate of drug-likeness (QED) is 0.783. The number of fused-ring (bicyclic) bond motifs is 3. The lowest BCUT2D eigenvalue weighted by Crippen LogP contribution is -2.17. The van der Waals surface area contributed by atoms with E-state index in [1.54, 1.807) is 19.2 Å². The summed E-state index contributed by atoms with van der Waals surface area (Å²) < 4.78 is 21.8. The molecule has 1 aliphatic heterocycles. The summed E-state index contributed by atoms with van der Waals surface area (Å²) in [6, 6.07) is 13.4. The zero-order valence-corrected chi connectivity index (χ0v) is 13.1. The second-order valence-electron chi connectivity index (χ2n) is 5.91. The molecule has 1 aromatic heterocycles. The van der Waals surface area contributed by atoms with Crippen molar-refractivity contribution in [1.82, 2.24) is 9.88 Å². The molecule has 3 nitrogen and oxygen atoms in total. The van der Waals surface area contributed by atoms with E-state index in [-0.39, 0.29) is 5.82 Å². The fraction of sp³-hybridized carbons (Fsp3) is 0.263. The summed E-state index contributed by atoms with van der Waals surface area (Å²) in [4.78, 5) is 0. The Morgan fingerprint density at radius 1 is 1.09 bits per heavy atom. The van der Waals surface area contributed by atoms with Gasteiger partial charge in [0.2, 0.25) is 0 Å². The third-order valence-corrected chi connectivity index (χ3v) is 4.55. The number of hydrogen-bond donors (Lipinski definition) is 1. The van der Waals surface area contributed by atoms with Crippen LogP contribution in [0.1, 0.15) is 5.69 Å². The second-order valence-corrected chi connectivity index (χ2v) is 5.91. The molecule has 0 spiro atoms. The van der Waals surface area contributed by atoms with Gasteiger partial charge in [-0.3, -0.25) is 0 Å². The molecule has 2 heterocycles. The van der Waals surface area contributed by atoms with Gasteiger partial charge in [0, 0.05) is 48.9 Å². The van der Waals surface area contributed by atoms with Crippen molar-refractivity contribution in [3.63, 3.8) is 0 Å². The number of benzene rings is 2. The summed E-state index contributed by atoms with van der Waals surface area (Å²) in [5.74, 6) is 0.281. The summed E-state index contributed by atoms with van der Waals surface area (Å²) in [6.07, 6.45) is 1.03. The first kappa shape index (κ1) is 14.3. The summed E-state index contributed by atoms with van der Waals surface area (Å²) in [7, 11) is 1.55. The Bertz CT molecular complexity index is 869. The normalized spacial score (nSPS) is 14.5. The van der Waals surface area contributed by atoms with Gasteiger partial charge in [0.15, 0.2) is 0 Å². The number of hydrogen-bond acceptors (Lipinski definition) is 2. The topological polar surface area (TPSA) is 26.2 Å². The maximum absolute atomic E-state index is 14.4. The van der Waals surface area contributed by atoms with Crippen molar-refractivity contribution in [3.05, 3.63) is 54.0 Å². The van der Waals surface area contributed by atoms with Crippen LogP contribution in [0.15, 0.2) is 42.5 Å². The van der Waals surface area contributed by atoms with Crippen molar-refractivity contribution in [1.29, 1.82) is 0 Å². The summed E-state index contributed by atoms with van der Waals surface area (Å²) in [5.41, 5.74) is 4.03. The number of ether oxygens (including phenoxy) is 1. The first-order valence-electron chi connectivity index (χ1n) is 7.93. The van der Waals surface area contributed by atoms with Gasteiger partial charge < -0.3 is 14.6 Å². The van der Waals surface area contributed by atoms with Gasteiger partial charge in [-0.25, -0.2) is 4.39 Å². The van der Waals surface area contributed by atoms with Crippen LogP contribution < -0.4 is 10.1 Å². The first-order chi connectivity index (χ1) is 11.3. The molecule has 0 saturated heterocycles. The number of halogens is 1. The molecule has 1 N–H and O–H groups in total. The van der Waals surface area contributed by atoms with Crippen molar-refractivity contribution in [2.24, 2.45) is 0 Å². The van der Waals surface area contributed by atoms with Crippen molar-refractivity contribution >= 4 is 10.9 Å². The predicted octanol–water partition coefficient (Wildman–Crippen LogP) is 3.60. The number of nitrogens with one attached hydrogen (secondary N) is 1. The molecule has 118 valence electrons. The fourth-order valence-corrected chi connectivity index (χ4v) is 3.34. The highest BCUT2D eigenvalue weighted by Crippen LogP contribution is 2.30. The van der Waals surface area contributed by atoms with Gasteiger partial charge in [-0.05, 0) is 35.2 Å². The molecular formula is C19H19FN2O. The summed E-state index contributed by atoms with van der Waals surface area (Å²) in [6.45, 7) is 2.93. The molecule has 2 aromatic carbocycles. The molecule has 0 fully saturated rings. The average Bonchev–Trinajstić information content (AvgIpc) is 2.75. The second kappa shape index (κ2) is 5.70. The van der Waals surface area contributed by atoms with Gasteiger partial charge in [-0.1, -0.05) is 12.1 Å². The number of methoxy groups -OCH3 is 1. The third-order valence-electron chi connectivity index (χ3n) is 4.55. The molecule has 23 heavy (non-hydrogen) atoms. The number of aromatic nitrogens is 1. The highest BCUT2D eigenvalue weighted by atomic mass is 19.1. The first-order valence-corrected chi connectivity index (χ1v) is 7.93. The SMILES string of the molecule is COc1ccc(-c2ccc3cc4n(c3c2)CCNCC4)c(F)c1. The Balaban J connectivity index is 1.84. The van der Waals surface area contributed by atoms with E-state index in [1.807, 2.05) is 6.07 Å². The molecule has 0 amide bonds.